The van der Waals surface area contributed by atoms with E-state index in [1.807, 2.05) is 44.2 Å². The molecule has 0 saturated carbocycles. The van der Waals surface area contributed by atoms with Gasteiger partial charge in [0.2, 0.25) is 10.0 Å². The quantitative estimate of drug-likeness (QED) is 0.502. The standard InChI is InChI=1S/C25H26N2O3S/c1-15(2)27-31(29,30)17-11-12-22-21(14-17)19-8-5-9-20(19)25(26-22)24-18-7-4-3-6-16(18)10-13-23(24)28/h3-8,10-15,19-20,25-28H,9H2,1-2H3. The van der Waals surface area contributed by atoms with Crippen LogP contribution < -0.4 is 10.0 Å². The number of hydrogen-bond donors (Lipinski definition) is 3. The molecule has 160 valence electrons. The van der Waals surface area contributed by atoms with Gasteiger partial charge in [-0.25, -0.2) is 13.1 Å². The largest absolute Gasteiger partial charge is 0.508 e. The molecule has 0 spiro atoms. The van der Waals surface area contributed by atoms with Gasteiger partial charge in [0.05, 0.1) is 10.9 Å². The van der Waals surface area contributed by atoms with Gasteiger partial charge < -0.3 is 10.4 Å². The van der Waals surface area contributed by atoms with E-state index in [4.69, 9.17) is 0 Å². The second-order valence-corrected chi connectivity index (χ2v) is 10.4. The summed E-state index contributed by atoms with van der Waals surface area (Å²) in [6.07, 6.45) is 5.20. The molecule has 5 rings (SSSR count). The fourth-order valence-electron chi connectivity index (χ4n) is 5.01. The molecule has 0 radical (unpaired) electrons. The Labute approximate surface area is 182 Å². The van der Waals surface area contributed by atoms with Crippen LogP contribution in [0.25, 0.3) is 10.8 Å². The number of hydrogen-bond acceptors (Lipinski definition) is 4. The summed E-state index contributed by atoms with van der Waals surface area (Å²) in [6, 6.07) is 16.8. The lowest BCUT2D eigenvalue weighted by Crippen LogP contribution is -2.32. The van der Waals surface area contributed by atoms with Gasteiger partial charge in [-0.2, -0.15) is 0 Å². The summed E-state index contributed by atoms with van der Waals surface area (Å²) in [6.45, 7) is 3.63. The lowest BCUT2D eigenvalue weighted by Gasteiger charge is -2.38. The minimum Gasteiger partial charge on any atom is -0.508 e. The molecular weight excluding hydrogens is 408 g/mol. The SMILES string of the molecule is CC(C)NS(=O)(=O)c1ccc2c(c1)C1C=CCC1C(c1c(O)ccc3ccccc13)N2. The summed E-state index contributed by atoms with van der Waals surface area (Å²) < 4.78 is 28.1. The van der Waals surface area contributed by atoms with Crippen LogP contribution in [0.3, 0.4) is 0 Å². The summed E-state index contributed by atoms with van der Waals surface area (Å²) >= 11 is 0. The van der Waals surface area contributed by atoms with Crippen molar-refractivity contribution >= 4 is 26.5 Å². The first kappa shape index (κ1) is 20.1. The molecule has 5 nitrogen and oxygen atoms in total. The number of phenols is 1. The Morgan fingerprint density at radius 1 is 1.10 bits per heavy atom. The molecule has 0 saturated heterocycles. The van der Waals surface area contributed by atoms with Crippen molar-refractivity contribution in [1.82, 2.24) is 4.72 Å². The topological polar surface area (TPSA) is 78.4 Å². The molecule has 31 heavy (non-hydrogen) atoms. The van der Waals surface area contributed by atoms with Crippen molar-refractivity contribution in [2.75, 3.05) is 5.32 Å². The average molecular weight is 435 g/mol. The van der Waals surface area contributed by atoms with E-state index in [1.54, 1.807) is 18.2 Å². The molecule has 3 aromatic rings. The highest BCUT2D eigenvalue weighted by molar-refractivity contribution is 7.89. The molecule has 0 bridgehead atoms. The number of allylic oxidation sites excluding steroid dienone is 2. The van der Waals surface area contributed by atoms with Gasteiger partial charge in [0.25, 0.3) is 0 Å². The molecular formula is C25H26N2O3S. The van der Waals surface area contributed by atoms with E-state index in [-0.39, 0.29) is 34.6 Å². The van der Waals surface area contributed by atoms with E-state index in [9.17, 15) is 13.5 Å². The third-order valence-electron chi connectivity index (χ3n) is 6.29. The van der Waals surface area contributed by atoms with Crippen molar-refractivity contribution in [3.05, 3.63) is 77.9 Å². The Hall–Kier alpha value is -2.83. The van der Waals surface area contributed by atoms with Crippen LogP contribution >= 0.6 is 0 Å². The van der Waals surface area contributed by atoms with Gasteiger partial charge in [-0.1, -0.05) is 42.5 Å². The molecule has 1 aliphatic heterocycles. The zero-order valence-corrected chi connectivity index (χ0v) is 18.4. The molecule has 3 unspecified atom stereocenters. The van der Waals surface area contributed by atoms with Gasteiger partial charge in [0.1, 0.15) is 5.75 Å². The van der Waals surface area contributed by atoms with Gasteiger partial charge in [-0.3, -0.25) is 0 Å². The summed E-state index contributed by atoms with van der Waals surface area (Å²) in [7, 11) is -3.56. The number of sulfonamides is 1. The second kappa shape index (κ2) is 7.39. The molecule has 0 fully saturated rings. The van der Waals surface area contributed by atoms with Crippen LogP contribution in [-0.4, -0.2) is 19.6 Å². The van der Waals surface area contributed by atoms with Crippen molar-refractivity contribution in [2.24, 2.45) is 5.92 Å². The van der Waals surface area contributed by atoms with Gasteiger partial charge in [-0.05, 0) is 66.8 Å². The van der Waals surface area contributed by atoms with Crippen LogP contribution in [0.15, 0.2) is 71.6 Å². The van der Waals surface area contributed by atoms with Crippen LogP contribution in [0.2, 0.25) is 0 Å². The first-order valence-electron chi connectivity index (χ1n) is 10.7. The van der Waals surface area contributed by atoms with Gasteiger partial charge in [0, 0.05) is 23.2 Å². The Morgan fingerprint density at radius 3 is 2.71 bits per heavy atom. The maximum atomic E-state index is 12.7. The van der Waals surface area contributed by atoms with Crippen molar-refractivity contribution in [3.63, 3.8) is 0 Å². The van der Waals surface area contributed by atoms with Gasteiger partial charge in [-0.15, -0.1) is 0 Å². The highest BCUT2D eigenvalue weighted by Gasteiger charge is 2.40. The average Bonchev–Trinajstić information content (AvgIpc) is 3.22. The molecule has 3 aromatic carbocycles. The number of fused-ring (bicyclic) bond motifs is 4. The highest BCUT2D eigenvalue weighted by Crippen LogP contribution is 2.52. The number of phenolic OH excluding ortho intramolecular Hbond substituents is 1. The van der Waals surface area contributed by atoms with E-state index < -0.39 is 10.0 Å². The highest BCUT2D eigenvalue weighted by atomic mass is 32.2. The van der Waals surface area contributed by atoms with E-state index in [0.29, 0.717) is 0 Å². The van der Waals surface area contributed by atoms with Gasteiger partial charge >= 0.3 is 0 Å². The molecule has 0 amide bonds. The zero-order valence-electron chi connectivity index (χ0n) is 17.5. The minimum absolute atomic E-state index is 0.0742. The number of benzene rings is 3. The maximum Gasteiger partial charge on any atom is 0.240 e. The Balaban J connectivity index is 1.61. The van der Waals surface area contributed by atoms with Gasteiger partial charge in [0.15, 0.2) is 0 Å². The normalized spacial score (nSPS) is 22.4. The fourth-order valence-corrected chi connectivity index (χ4v) is 6.30. The van der Waals surface area contributed by atoms with E-state index >= 15 is 0 Å². The van der Waals surface area contributed by atoms with E-state index in [1.165, 1.54) is 0 Å². The summed E-state index contributed by atoms with van der Waals surface area (Å²) in [4.78, 5) is 0.284. The first-order chi connectivity index (χ1) is 14.8. The van der Waals surface area contributed by atoms with Crippen molar-refractivity contribution < 1.29 is 13.5 Å². The second-order valence-electron chi connectivity index (χ2n) is 8.72. The monoisotopic (exact) mass is 434 g/mol. The summed E-state index contributed by atoms with van der Waals surface area (Å²) in [5, 5.41) is 16.6. The smallest absolute Gasteiger partial charge is 0.240 e. The third kappa shape index (κ3) is 3.40. The number of anilines is 1. The Bertz CT molecular complexity index is 1300. The van der Waals surface area contributed by atoms with Crippen LogP contribution in [-0.2, 0) is 10.0 Å². The van der Waals surface area contributed by atoms with E-state index in [2.05, 4.69) is 28.3 Å². The lowest BCUT2D eigenvalue weighted by molar-refractivity contribution is 0.404. The minimum atomic E-state index is -3.56. The zero-order chi connectivity index (χ0) is 21.8. The van der Waals surface area contributed by atoms with Crippen LogP contribution in [0.5, 0.6) is 5.75 Å². The molecule has 3 atom stereocenters. The lowest BCUT2D eigenvalue weighted by atomic mass is 9.76. The predicted molar refractivity (Wildman–Crippen MR) is 124 cm³/mol. The molecule has 6 heteroatoms. The molecule has 2 aliphatic rings. The van der Waals surface area contributed by atoms with Crippen LogP contribution in [0, 0.1) is 5.92 Å². The Morgan fingerprint density at radius 2 is 1.90 bits per heavy atom. The number of rotatable bonds is 4. The molecule has 1 aliphatic carbocycles. The molecule has 0 aromatic heterocycles. The fraction of sp³-hybridized carbons (Fsp3) is 0.280. The number of nitrogens with one attached hydrogen (secondary N) is 2. The Kier molecular flexibility index (Phi) is 4.79. The van der Waals surface area contributed by atoms with Crippen LogP contribution in [0.1, 0.15) is 43.4 Å². The van der Waals surface area contributed by atoms with Crippen molar-refractivity contribution in [3.8, 4) is 5.75 Å². The summed E-state index contributed by atoms with van der Waals surface area (Å²) in [5.74, 6) is 0.569. The third-order valence-corrected chi connectivity index (χ3v) is 7.95. The van der Waals surface area contributed by atoms with E-state index in [0.717, 1.165) is 34.0 Å². The van der Waals surface area contributed by atoms with Crippen molar-refractivity contribution in [1.29, 1.82) is 0 Å². The summed E-state index contributed by atoms with van der Waals surface area (Å²) in [5.41, 5.74) is 2.80. The molecule has 1 heterocycles. The van der Waals surface area contributed by atoms with Crippen LogP contribution in [0.4, 0.5) is 5.69 Å². The number of aromatic hydroxyl groups is 1. The predicted octanol–water partition coefficient (Wildman–Crippen LogP) is 5.06. The first-order valence-corrected chi connectivity index (χ1v) is 12.1. The van der Waals surface area contributed by atoms with Crippen molar-refractivity contribution in [2.45, 2.75) is 43.2 Å². The molecule has 3 N–H and O–H groups in total. The maximum absolute atomic E-state index is 12.7.